The van der Waals surface area contributed by atoms with Crippen LogP contribution in [0.5, 0.6) is 0 Å². The smallest absolute Gasteiger partial charge is 0.237 e. The molecule has 1 aromatic carbocycles. The average Bonchev–Trinajstić information content (AvgIpc) is 2.37. The molecule has 4 heteroatoms. The first-order chi connectivity index (χ1) is 8.08. The summed E-state index contributed by atoms with van der Waals surface area (Å²) in [6.07, 6.45) is 2.70. The fraction of sp³-hybridized carbons (Fsp3) is 0.462. The lowest BCUT2D eigenvalue weighted by Gasteiger charge is -2.17. The lowest BCUT2D eigenvalue weighted by molar-refractivity contribution is -0.123. The van der Waals surface area contributed by atoms with Gasteiger partial charge in [-0.3, -0.25) is 4.79 Å². The number of hydrogen-bond donors (Lipinski definition) is 2. The van der Waals surface area contributed by atoms with Gasteiger partial charge < -0.3 is 11.1 Å². The molecule has 1 rings (SSSR count). The van der Waals surface area contributed by atoms with Gasteiger partial charge in [-0.25, -0.2) is 0 Å². The molecule has 17 heavy (non-hydrogen) atoms. The molecule has 0 radical (unpaired) electrons. The highest BCUT2D eigenvalue weighted by atomic mass is 32.2. The average molecular weight is 252 g/mol. The molecule has 0 aromatic heterocycles. The quantitative estimate of drug-likeness (QED) is 0.791. The van der Waals surface area contributed by atoms with Gasteiger partial charge in [0.1, 0.15) is 0 Å². The van der Waals surface area contributed by atoms with Crippen LogP contribution in [0.2, 0.25) is 0 Å². The molecule has 94 valence electrons. The predicted octanol–water partition coefficient (Wildman–Crippen LogP) is 2.32. The summed E-state index contributed by atoms with van der Waals surface area (Å²) in [6.45, 7) is 3.87. The highest BCUT2D eigenvalue weighted by Crippen LogP contribution is 2.18. The SMILES string of the molecule is CCC(N)C(=O)NC(C)c1ccc(SC)cc1. The van der Waals surface area contributed by atoms with Crippen molar-refractivity contribution in [1.29, 1.82) is 0 Å². The van der Waals surface area contributed by atoms with Crippen LogP contribution in [-0.2, 0) is 4.79 Å². The Morgan fingerprint density at radius 3 is 2.47 bits per heavy atom. The number of amides is 1. The maximum absolute atomic E-state index is 11.6. The molecule has 0 spiro atoms. The van der Waals surface area contributed by atoms with Gasteiger partial charge in [0.2, 0.25) is 5.91 Å². The Hall–Kier alpha value is -1.00. The zero-order valence-corrected chi connectivity index (χ0v) is 11.4. The van der Waals surface area contributed by atoms with Crippen molar-refractivity contribution in [1.82, 2.24) is 5.32 Å². The summed E-state index contributed by atoms with van der Waals surface area (Å²) in [6, 6.07) is 7.77. The molecule has 0 aliphatic rings. The molecule has 0 bridgehead atoms. The molecular formula is C13H20N2OS. The Balaban J connectivity index is 2.63. The van der Waals surface area contributed by atoms with Gasteiger partial charge >= 0.3 is 0 Å². The number of carbonyl (C=O) groups excluding carboxylic acids is 1. The molecule has 3 N–H and O–H groups in total. The van der Waals surface area contributed by atoms with Crippen molar-refractivity contribution in [3.63, 3.8) is 0 Å². The van der Waals surface area contributed by atoms with E-state index in [-0.39, 0.29) is 11.9 Å². The van der Waals surface area contributed by atoms with E-state index < -0.39 is 6.04 Å². The third-order valence-corrected chi connectivity index (χ3v) is 3.49. The van der Waals surface area contributed by atoms with Crippen molar-refractivity contribution in [3.8, 4) is 0 Å². The molecule has 3 nitrogen and oxygen atoms in total. The topological polar surface area (TPSA) is 55.1 Å². The second-order valence-electron chi connectivity index (χ2n) is 4.02. The minimum Gasteiger partial charge on any atom is -0.348 e. The standard InChI is InChI=1S/C13H20N2OS/c1-4-12(14)13(16)15-9(2)10-5-7-11(17-3)8-6-10/h5-9,12H,4,14H2,1-3H3,(H,15,16). The van der Waals surface area contributed by atoms with E-state index in [2.05, 4.69) is 17.4 Å². The third kappa shape index (κ3) is 4.06. The fourth-order valence-electron chi connectivity index (χ4n) is 1.48. The highest BCUT2D eigenvalue weighted by molar-refractivity contribution is 7.98. The molecule has 2 atom stereocenters. The van der Waals surface area contributed by atoms with Gasteiger partial charge in [-0.05, 0) is 37.3 Å². The molecule has 1 aromatic rings. The van der Waals surface area contributed by atoms with E-state index >= 15 is 0 Å². The van der Waals surface area contributed by atoms with E-state index in [0.29, 0.717) is 6.42 Å². The molecule has 0 aliphatic carbocycles. The predicted molar refractivity (Wildman–Crippen MR) is 73.0 cm³/mol. The molecule has 0 saturated carbocycles. The van der Waals surface area contributed by atoms with E-state index in [1.807, 2.05) is 32.2 Å². The first-order valence-corrected chi connectivity index (χ1v) is 7.00. The summed E-state index contributed by atoms with van der Waals surface area (Å²) < 4.78 is 0. The largest absolute Gasteiger partial charge is 0.348 e. The summed E-state index contributed by atoms with van der Waals surface area (Å²) in [5.41, 5.74) is 6.77. The van der Waals surface area contributed by atoms with E-state index in [0.717, 1.165) is 5.56 Å². The van der Waals surface area contributed by atoms with E-state index in [1.54, 1.807) is 11.8 Å². The number of benzene rings is 1. The Bertz CT molecular complexity index is 364. The Kier molecular flexibility index (Phi) is 5.51. The normalized spacial score (nSPS) is 14.1. The zero-order valence-electron chi connectivity index (χ0n) is 10.6. The van der Waals surface area contributed by atoms with Gasteiger partial charge in [0.15, 0.2) is 0 Å². The zero-order chi connectivity index (χ0) is 12.8. The monoisotopic (exact) mass is 252 g/mol. The minimum absolute atomic E-state index is 0.00370. The number of nitrogens with one attached hydrogen (secondary N) is 1. The lowest BCUT2D eigenvalue weighted by atomic mass is 10.1. The molecular weight excluding hydrogens is 232 g/mol. The van der Waals surface area contributed by atoms with Crippen molar-refractivity contribution in [2.45, 2.75) is 37.2 Å². The summed E-state index contributed by atoms with van der Waals surface area (Å²) >= 11 is 1.70. The van der Waals surface area contributed by atoms with Gasteiger partial charge in [-0.15, -0.1) is 11.8 Å². The fourth-order valence-corrected chi connectivity index (χ4v) is 1.89. The van der Waals surface area contributed by atoms with Gasteiger partial charge in [0, 0.05) is 4.90 Å². The van der Waals surface area contributed by atoms with Crippen LogP contribution in [0.3, 0.4) is 0 Å². The number of carbonyl (C=O) groups is 1. The molecule has 0 aliphatic heterocycles. The minimum atomic E-state index is -0.414. The van der Waals surface area contributed by atoms with E-state index in [4.69, 9.17) is 5.73 Å². The number of hydrogen-bond acceptors (Lipinski definition) is 3. The summed E-state index contributed by atoms with van der Waals surface area (Å²) in [5.74, 6) is -0.0889. The summed E-state index contributed by atoms with van der Waals surface area (Å²) in [5, 5.41) is 2.91. The van der Waals surface area contributed by atoms with Crippen LogP contribution >= 0.6 is 11.8 Å². The van der Waals surface area contributed by atoms with Gasteiger partial charge in [0.25, 0.3) is 0 Å². The van der Waals surface area contributed by atoms with Crippen molar-refractivity contribution in [3.05, 3.63) is 29.8 Å². The van der Waals surface area contributed by atoms with Gasteiger partial charge in [-0.1, -0.05) is 19.1 Å². The summed E-state index contributed by atoms with van der Waals surface area (Å²) in [4.78, 5) is 12.9. The van der Waals surface area contributed by atoms with Crippen molar-refractivity contribution >= 4 is 17.7 Å². The second kappa shape index (κ2) is 6.67. The lowest BCUT2D eigenvalue weighted by Crippen LogP contribution is -2.41. The Morgan fingerprint density at radius 1 is 1.41 bits per heavy atom. The summed E-state index contributed by atoms with van der Waals surface area (Å²) in [7, 11) is 0. The number of nitrogens with two attached hydrogens (primary N) is 1. The molecule has 0 heterocycles. The van der Waals surface area contributed by atoms with Crippen molar-refractivity contribution in [2.75, 3.05) is 6.26 Å². The van der Waals surface area contributed by atoms with Crippen LogP contribution in [0, 0.1) is 0 Å². The van der Waals surface area contributed by atoms with Gasteiger partial charge in [-0.2, -0.15) is 0 Å². The highest BCUT2D eigenvalue weighted by Gasteiger charge is 2.14. The molecule has 2 unspecified atom stereocenters. The first-order valence-electron chi connectivity index (χ1n) is 5.78. The molecule has 0 fully saturated rings. The van der Waals surface area contributed by atoms with Crippen LogP contribution in [-0.4, -0.2) is 18.2 Å². The first kappa shape index (κ1) is 14.1. The maximum atomic E-state index is 11.6. The van der Waals surface area contributed by atoms with E-state index in [9.17, 15) is 4.79 Å². The van der Waals surface area contributed by atoms with E-state index in [1.165, 1.54) is 4.90 Å². The van der Waals surface area contributed by atoms with Crippen molar-refractivity contribution in [2.24, 2.45) is 5.73 Å². The van der Waals surface area contributed by atoms with Crippen LogP contribution in [0.15, 0.2) is 29.2 Å². The van der Waals surface area contributed by atoms with Gasteiger partial charge in [0.05, 0.1) is 12.1 Å². The third-order valence-electron chi connectivity index (χ3n) is 2.75. The van der Waals surface area contributed by atoms with Crippen molar-refractivity contribution < 1.29 is 4.79 Å². The number of thioether (sulfide) groups is 1. The number of rotatable bonds is 5. The Morgan fingerprint density at radius 2 is 2.00 bits per heavy atom. The van der Waals surface area contributed by atoms with Crippen LogP contribution in [0.25, 0.3) is 0 Å². The van der Waals surface area contributed by atoms with Crippen LogP contribution in [0.1, 0.15) is 31.9 Å². The van der Waals surface area contributed by atoms with Crippen LogP contribution < -0.4 is 11.1 Å². The second-order valence-corrected chi connectivity index (χ2v) is 4.90. The Labute approximate surface area is 107 Å². The molecule has 1 amide bonds. The maximum Gasteiger partial charge on any atom is 0.237 e. The van der Waals surface area contributed by atoms with Crippen LogP contribution in [0.4, 0.5) is 0 Å². The molecule has 0 saturated heterocycles.